The van der Waals surface area contributed by atoms with Gasteiger partial charge in [0.25, 0.3) is 0 Å². The number of nitrogens with two attached hydrogens (primary N) is 1. The van der Waals surface area contributed by atoms with Crippen LogP contribution in [-0.2, 0) is 14.6 Å². The highest BCUT2D eigenvalue weighted by atomic mass is 32.2. The first-order valence-corrected chi connectivity index (χ1v) is 8.05. The highest BCUT2D eigenvalue weighted by Crippen LogP contribution is 2.27. The van der Waals surface area contributed by atoms with E-state index in [-0.39, 0.29) is 22.4 Å². The van der Waals surface area contributed by atoms with Crippen LogP contribution >= 0.6 is 0 Å². The predicted octanol–water partition coefficient (Wildman–Crippen LogP) is 1.62. The summed E-state index contributed by atoms with van der Waals surface area (Å²) in [5.41, 5.74) is 6.02. The van der Waals surface area contributed by atoms with E-state index < -0.39 is 9.84 Å². The molecule has 6 heteroatoms. The van der Waals surface area contributed by atoms with Gasteiger partial charge in [-0.2, -0.15) is 0 Å². The number of ether oxygens (including phenoxy) is 2. The molecule has 1 aliphatic rings. The zero-order valence-corrected chi connectivity index (χ0v) is 11.8. The van der Waals surface area contributed by atoms with E-state index in [2.05, 4.69) is 0 Å². The maximum atomic E-state index is 12.3. The second-order valence-corrected chi connectivity index (χ2v) is 6.55. The Balaban J connectivity index is 2.25. The topological polar surface area (TPSA) is 78.6 Å². The Morgan fingerprint density at radius 1 is 1.47 bits per heavy atom. The van der Waals surface area contributed by atoms with Crippen LogP contribution < -0.4 is 10.5 Å². The van der Waals surface area contributed by atoms with Gasteiger partial charge in [-0.1, -0.05) is 0 Å². The van der Waals surface area contributed by atoms with Crippen molar-refractivity contribution in [2.24, 2.45) is 0 Å². The molecule has 2 rings (SSSR count). The van der Waals surface area contributed by atoms with E-state index in [1.165, 1.54) is 6.07 Å². The van der Waals surface area contributed by atoms with Gasteiger partial charge in [0.1, 0.15) is 5.75 Å². The number of benzene rings is 1. The SMILES string of the molecule is CCOc1ccc(N)c(S(=O)(=O)CC2CCCO2)c1. The fourth-order valence-electron chi connectivity index (χ4n) is 2.15. The highest BCUT2D eigenvalue weighted by molar-refractivity contribution is 7.91. The minimum Gasteiger partial charge on any atom is -0.494 e. The van der Waals surface area contributed by atoms with Crippen molar-refractivity contribution in [3.63, 3.8) is 0 Å². The summed E-state index contributed by atoms with van der Waals surface area (Å²) in [4.78, 5) is 0.133. The molecule has 0 radical (unpaired) electrons. The Bertz CT molecular complexity index is 536. The van der Waals surface area contributed by atoms with Crippen molar-refractivity contribution in [2.75, 3.05) is 24.7 Å². The molecule has 19 heavy (non-hydrogen) atoms. The van der Waals surface area contributed by atoms with Crippen molar-refractivity contribution < 1.29 is 17.9 Å². The molecule has 1 fully saturated rings. The highest BCUT2D eigenvalue weighted by Gasteiger charge is 2.26. The molecule has 1 saturated heterocycles. The van der Waals surface area contributed by atoms with Crippen LogP contribution in [0, 0.1) is 0 Å². The molecule has 0 amide bonds. The van der Waals surface area contributed by atoms with Crippen molar-refractivity contribution in [3.8, 4) is 5.75 Å². The van der Waals surface area contributed by atoms with Crippen LogP contribution in [0.5, 0.6) is 5.75 Å². The van der Waals surface area contributed by atoms with Crippen LogP contribution in [0.3, 0.4) is 0 Å². The minimum atomic E-state index is -3.45. The molecule has 5 nitrogen and oxygen atoms in total. The largest absolute Gasteiger partial charge is 0.494 e. The summed E-state index contributed by atoms with van der Waals surface area (Å²) in [6, 6.07) is 4.72. The molecule has 0 aromatic heterocycles. The van der Waals surface area contributed by atoms with E-state index >= 15 is 0 Å². The standard InChI is InChI=1S/C13H19NO4S/c1-2-17-10-5-6-12(14)13(8-10)19(15,16)9-11-4-3-7-18-11/h5-6,8,11H,2-4,7,9,14H2,1H3. The van der Waals surface area contributed by atoms with Gasteiger partial charge in [-0.25, -0.2) is 8.42 Å². The van der Waals surface area contributed by atoms with E-state index in [4.69, 9.17) is 15.2 Å². The molecule has 2 N–H and O–H groups in total. The third-order valence-corrected chi connectivity index (χ3v) is 4.89. The number of hydrogen-bond acceptors (Lipinski definition) is 5. The van der Waals surface area contributed by atoms with Crippen molar-refractivity contribution >= 4 is 15.5 Å². The van der Waals surface area contributed by atoms with Gasteiger partial charge < -0.3 is 15.2 Å². The fraction of sp³-hybridized carbons (Fsp3) is 0.538. The van der Waals surface area contributed by atoms with Gasteiger partial charge in [0, 0.05) is 12.7 Å². The molecule has 1 aromatic rings. The zero-order valence-electron chi connectivity index (χ0n) is 11.0. The van der Waals surface area contributed by atoms with Gasteiger partial charge in [0.05, 0.1) is 29.0 Å². The Morgan fingerprint density at radius 3 is 2.89 bits per heavy atom. The van der Waals surface area contributed by atoms with Crippen LogP contribution in [0.2, 0.25) is 0 Å². The number of anilines is 1. The summed E-state index contributed by atoms with van der Waals surface area (Å²) in [6.07, 6.45) is 1.47. The second kappa shape index (κ2) is 5.79. The molecule has 106 valence electrons. The number of nitrogen functional groups attached to an aromatic ring is 1. The Hall–Kier alpha value is -1.27. The van der Waals surface area contributed by atoms with Crippen LogP contribution in [0.4, 0.5) is 5.69 Å². The molecule has 0 bridgehead atoms. The van der Waals surface area contributed by atoms with Crippen LogP contribution in [0.1, 0.15) is 19.8 Å². The van der Waals surface area contributed by atoms with Crippen molar-refractivity contribution in [3.05, 3.63) is 18.2 Å². The van der Waals surface area contributed by atoms with Gasteiger partial charge in [0.2, 0.25) is 0 Å². The first-order valence-electron chi connectivity index (χ1n) is 6.39. The summed E-state index contributed by atoms with van der Waals surface area (Å²) in [5.74, 6) is 0.495. The Morgan fingerprint density at radius 2 is 2.26 bits per heavy atom. The van der Waals surface area contributed by atoms with Gasteiger partial charge >= 0.3 is 0 Å². The third-order valence-electron chi connectivity index (χ3n) is 3.06. The Kier molecular flexibility index (Phi) is 4.31. The molecule has 1 aliphatic heterocycles. The number of sulfone groups is 1. The minimum absolute atomic E-state index is 0.0211. The maximum Gasteiger partial charge on any atom is 0.183 e. The molecule has 0 spiro atoms. The quantitative estimate of drug-likeness (QED) is 0.832. The van der Waals surface area contributed by atoms with Gasteiger partial charge in [-0.15, -0.1) is 0 Å². The lowest BCUT2D eigenvalue weighted by molar-refractivity contribution is 0.127. The van der Waals surface area contributed by atoms with Crippen molar-refractivity contribution in [1.29, 1.82) is 0 Å². The lowest BCUT2D eigenvalue weighted by Gasteiger charge is -2.13. The van der Waals surface area contributed by atoms with Crippen LogP contribution in [0.25, 0.3) is 0 Å². The van der Waals surface area contributed by atoms with E-state index in [9.17, 15) is 8.42 Å². The van der Waals surface area contributed by atoms with Crippen molar-refractivity contribution in [2.45, 2.75) is 30.8 Å². The van der Waals surface area contributed by atoms with Crippen molar-refractivity contribution in [1.82, 2.24) is 0 Å². The molecular formula is C13H19NO4S. The average molecular weight is 285 g/mol. The van der Waals surface area contributed by atoms with Gasteiger partial charge in [-0.05, 0) is 31.9 Å². The van der Waals surface area contributed by atoms with Gasteiger partial charge in [-0.3, -0.25) is 0 Å². The predicted molar refractivity (Wildman–Crippen MR) is 73.1 cm³/mol. The summed E-state index contributed by atoms with van der Waals surface area (Å²) in [6.45, 7) is 2.96. The van der Waals surface area contributed by atoms with E-state index in [0.717, 1.165) is 12.8 Å². The normalized spacial score (nSPS) is 19.5. The number of rotatable bonds is 5. The molecule has 1 heterocycles. The van der Waals surface area contributed by atoms with Crippen LogP contribution in [0.15, 0.2) is 23.1 Å². The van der Waals surface area contributed by atoms with E-state index in [1.54, 1.807) is 12.1 Å². The maximum absolute atomic E-state index is 12.3. The molecular weight excluding hydrogens is 266 g/mol. The zero-order chi connectivity index (χ0) is 13.9. The molecule has 0 saturated carbocycles. The summed E-state index contributed by atoms with van der Waals surface area (Å²) >= 11 is 0. The van der Waals surface area contributed by atoms with Crippen LogP contribution in [-0.4, -0.2) is 33.5 Å². The first kappa shape index (κ1) is 14.1. The Labute approximate surface area is 113 Å². The number of hydrogen-bond donors (Lipinski definition) is 1. The average Bonchev–Trinajstić information content (AvgIpc) is 2.84. The monoisotopic (exact) mass is 285 g/mol. The second-order valence-electron chi connectivity index (χ2n) is 4.55. The lowest BCUT2D eigenvalue weighted by Crippen LogP contribution is -2.21. The summed E-state index contributed by atoms with van der Waals surface area (Å²) < 4.78 is 35.4. The fourth-order valence-corrected chi connectivity index (χ4v) is 3.81. The van der Waals surface area contributed by atoms with E-state index in [1.807, 2.05) is 6.92 Å². The molecule has 1 unspecified atom stereocenters. The molecule has 1 atom stereocenters. The third kappa shape index (κ3) is 3.39. The smallest absolute Gasteiger partial charge is 0.183 e. The molecule has 0 aliphatic carbocycles. The van der Waals surface area contributed by atoms with E-state index in [0.29, 0.717) is 19.0 Å². The summed E-state index contributed by atoms with van der Waals surface area (Å²) in [7, 11) is -3.45. The summed E-state index contributed by atoms with van der Waals surface area (Å²) in [5, 5.41) is 0. The van der Waals surface area contributed by atoms with Gasteiger partial charge in [0.15, 0.2) is 9.84 Å². The lowest BCUT2D eigenvalue weighted by atomic mass is 10.3. The first-order chi connectivity index (χ1) is 9.03. The molecule has 1 aromatic carbocycles.